The number of anilines is 1. The molecule has 0 radical (unpaired) electrons. The molecule has 0 spiro atoms. The molecule has 1 amide bonds. The second-order valence-electron chi connectivity index (χ2n) is 5.56. The average molecular weight is 368 g/mol. The van der Waals surface area contributed by atoms with Gasteiger partial charge in [0.25, 0.3) is 0 Å². The lowest BCUT2D eigenvalue weighted by atomic mass is 10.2. The Morgan fingerprint density at radius 2 is 1.96 bits per heavy atom. The van der Waals surface area contributed by atoms with Crippen molar-refractivity contribution in [3.8, 4) is 16.3 Å². The second-order valence-corrected chi connectivity index (χ2v) is 6.64. The second kappa shape index (κ2) is 8.49. The number of thiazole rings is 1. The minimum absolute atomic E-state index is 0.330. The van der Waals surface area contributed by atoms with E-state index in [4.69, 9.17) is 9.47 Å². The van der Waals surface area contributed by atoms with E-state index in [0.29, 0.717) is 24.7 Å². The number of carbonyl (C=O) groups is 1. The highest BCUT2D eigenvalue weighted by atomic mass is 32.1. The van der Waals surface area contributed by atoms with Gasteiger partial charge in [-0.25, -0.2) is 9.78 Å². The molecule has 1 aromatic heterocycles. The number of ether oxygens (including phenoxy) is 2. The van der Waals surface area contributed by atoms with Gasteiger partial charge in [0, 0.05) is 17.3 Å². The molecule has 0 saturated carbocycles. The van der Waals surface area contributed by atoms with E-state index >= 15 is 0 Å². The van der Waals surface area contributed by atoms with Crippen molar-refractivity contribution < 1.29 is 14.3 Å². The van der Waals surface area contributed by atoms with E-state index in [2.05, 4.69) is 10.3 Å². The van der Waals surface area contributed by atoms with Crippen molar-refractivity contribution in [3.63, 3.8) is 0 Å². The summed E-state index contributed by atoms with van der Waals surface area (Å²) in [5.74, 6) is 0.674. The maximum Gasteiger partial charge on any atom is 0.411 e. The minimum Gasteiger partial charge on any atom is -0.488 e. The van der Waals surface area contributed by atoms with Crippen LogP contribution in [-0.4, -0.2) is 17.7 Å². The molecule has 1 heterocycles. The van der Waals surface area contributed by atoms with Gasteiger partial charge < -0.3 is 9.47 Å². The van der Waals surface area contributed by atoms with Crippen LogP contribution in [0.4, 0.5) is 10.5 Å². The lowest BCUT2D eigenvalue weighted by Gasteiger charge is -2.08. The Hall–Kier alpha value is -2.86. The maximum absolute atomic E-state index is 11.5. The van der Waals surface area contributed by atoms with Crippen LogP contribution in [0, 0.1) is 6.92 Å². The first-order chi connectivity index (χ1) is 12.7. The molecule has 0 saturated heterocycles. The van der Waals surface area contributed by atoms with Crippen molar-refractivity contribution in [2.24, 2.45) is 0 Å². The van der Waals surface area contributed by atoms with Crippen LogP contribution in [0.1, 0.15) is 17.5 Å². The van der Waals surface area contributed by atoms with E-state index in [1.165, 1.54) is 0 Å². The molecule has 0 aliphatic rings. The average Bonchev–Trinajstić information content (AvgIpc) is 3.02. The van der Waals surface area contributed by atoms with Crippen LogP contribution >= 0.6 is 11.3 Å². The maximum atomic E-state index is 11.5. The van der Waals surface area contributed by atoms with Crippen molar-refractivity contribution in [1.82, 2.24) is 4.98 Å². The number of carbonyl (C=O) groups excluding carboxylic acids is 1. The summed E-state index contributed by atoms with van der Waals surface area (Å²) in [5.41, 5.74) is 2.70. The number of aromatic nitrogens is 1. The third kappa shape index (κ3) is 4.61. The number of rotatable bonds is 6. The van der Waals surface area contributed by atoms with Gasteiger partial charge in [-0.1, -0.05) is 36.4 Å². The van der Waals surface area contributed by atoms with Gasteiger partial charge in [0.1, 0.15) is 17.4 Å². The van der Waals surface area contributed by atoms with Crippen molar-refractivity contribution >= 4 is 23.1 Å². The van der Waals surface area contributed by atoms with Crippen LogP contribution in [0.5, 0.6) is 5.75 Å². The molecule has 3 rings (SSSR count). The first kappa shape index (κ1) is 17.9. The van der Waals surface area contributed by atoms with Crippen molar-refractivity contribution in [3.05, 3.63) is 65.2 Å². The number of nitrogens with one attached hydrogen (secondary N) is 1. The SMILES string of the molecule is CCOC(=O)Nc1cccc(OCc2sc(-c3ccccc3)nc2C)c1. The highest BCUT2D eigenvalue weighted by Gasteiger charge is 2.10. The lowest BCUT2D eigenvalue weighted by molar-refractivity contribution is 0.168. The van der Waals surface area contributed by atoms with E-state index < -0.39 is 6.09 Å². The van der Waals surface area contributed by atoms with Crippen molar-refractivity contribution in [2.75, 3.05) is 11.9 Å². The Kier molecular flexibility index (Phi) is 5.86. The van der Waals surface area contributed by atoms with Crippen molar-refractivity contribution in [1.29, 1.82) is 0 Å². The molecule has 0 atom stereocenters. The first-order valence-corrected chi connectivity index (χ1v) is 9.15. The van der Waals surface area contributed by atoms with Crippen LogP contribution in [0.15, 0.2) is 54.6 Å². The minimum atomic E-state index is -0.476. The Labute approximate surface area is 156 Å². The standard InChI is InChI=1S/C20H20N2O3S/c1-3-24-20(23)22-16-10-7-11-17(12-16)25-13-18-14(2)21-19(26-18)15-8-5-4-6-9-15/h4-12H,3,13H2,1-2H3,(H,22,23). The molecule has 0 fully saturated rings. The van der Waals surface area contributed by atoms with E-state index in [1.807, 2.05) is 49.4 Å². The van der Waals surface area contributed by atoms with Gasteiger partial charge in [-0.2, -0.15) is 0 Å². The third-order valence-electron chi connectivity index (χ3n) is 3.64. The number of hydrogen-bond donors (Lipinski definition) is 1. The number of benzene rings is 2. The molecule has 3 aromatic rings. The molecule has 0 aliphatic heterocycles. The lowest BCUT2D eigenvalue weighted by Crippen LogP contribution is -2.13. The Morgan fingerprint density at radius 1 is 1.15 bits per heavy atom. The first-order valence-electron chi connectivity index (χ1n) is 8.34. The quantitative estimate of drug-likeness (QED) is 0.644. The van der Waals surface area contributed by atoms with Crippen LogP contribution in [0.2, 0.25) is 0 Å². The molecular weight excluding hydrogens is 348 g/mol. The number of aryl methyl sites for hydroxylation is 1. The van der Waals surface area contributed by atoms with Crippen LogP contribution in [-0.2, 0) is 11.3 Å². The van der Waals surface area contributed by atoms with E-state index in [0.717, 1.165) is 21.1 Å². The van der Waals surface area contributed by atoms with Gasteiger partial charge in [-0.15, -0.1) is 11.3 Å². The van der Waals surface area contributed by atoms with E-state index in [-0.39, 0.29) is 0 Å². The molecule has 1 N–H and O–H groups in total. The predicted octanol–water partition coefficient (Wildman–Crippen LogP) is 5.27. The summed E-state index contributed by atoms with van der Waals surface area (Å²) in [4.78, 5) is 17.2. The highest BCUT2D eigenvalue weighted by Crippen LogP contribution is 2.29. The summed E-state index contributed by atoms with van der Waals surface area (Å²) in [5, 5.41) is 3.65. The van der Waals surface area contributed by atoms with Gasteiger partial charge in [0.05, 0.1) is 17.2 Å². The molecule has 5 nitrogen and oxygen atoms in total. The molecule has 134 valence electrons. The van der Waals surface area contributed by atoms with Crippen LogP contribution in [0.3, 0.4) is 0 Å². The number of nitrogens with zero attached hydrogens (tertiary/aromatic N) is 1. The topological polar surface area (TPSA) is 60.5 Å². The molecule has 26 heavy (non-hydrogen) atoms. The fourth-order valence-electron chi connectivity index (χ4n) is 2.36. The van der Waals surface area contributed by atoms with E-state index in [9.17, 15) is 4.79 Å². The highest BCUT2D eigenvalue weighted by molar-refractivity contribution is 7.15. The number of amides is 1. The molecule has 6 heteroatoms. The van der Waals surface area contributed by atoms with Crippen LogP contribution < -0.4 is 10.1 Å². The third-order valence-corrected chi connectivity index (χ3v) is 4.82. The molecule has 2 aromatic carbocycles. The normalized spacial score (nSPS) is 10.4. The summed E-state index contributed by atoms with van der Waals surface area (Å²) in [6.07, 6.45) is -0.476. The molecule has 0 unspecified atom stereocenters. The monoisotopic (exact) mass is 368 g/mol. The smallest absolute Gasteiger partial charge is 0.411 e. The molecule has 0 aliphatic carbocycles. The fourth-order valence-corrected chi connectivity index (χ4v) is 3.34. The predicted molar refractivity (Wildman–Crippen MR) is 104 cm³/mol. The zero-order valence-electron chi connectivity index (χ0n) is 14.7. The summed E-state index contributed by atoms with van der Waals surface area (Å²) >= 11 is 1.63. The van der Waals surface area contributed by atoms with Gasteiger partial charge >= 0.3 is 6.09 Å². The Morgan fingerprint density at radius 3 is 2.73 bits per heavy atom. The summed E-state index contributed by atoms with van der Waals surface area (Å²) in [6.45, 7) is 4.51. The largest absolute Gasteiger partial charge is 0.488 e. The van der Waals surface area contributed by atoms with E-state index in [1.54, 1.807) is 30.4 Å². The van der Waals surface area contributed by atoms with Gasteiger partial charge in [-0.05, 0) is 26.0 Å². The fraction of sp³-hybridized carbons (Fsp3) is 0.200. The summed E-state index contributed by atoms with van der Waals surface area (Å²) < 4.78 is 10.8. The zero-order chi connectivity index (χ0) is 18.4. The molecule has 0 bridgehead atoms. The summed E-state index contributed by atoms with van der Waals surface area (Å²) in [6, 6.07) is 17.3. The number of hydrogen-bond acceptors (Lipinski definition) is 5. The Balaban J connectivity index is 1.66. The van der Waals surface area contributed by atoms with Crippen LogP contribution in [0.25, 0.3) is 10.6 Å². The zero-order valence-corrected chi connectivity index (χ0v) is 15.5. The van der Waals surface area contributed by atoms with Gasteiger partial charge in [0.2, 0.25) is 0 Å². The Bertz CT molecular complexity index is 878. The van der Waals surface area contributed by atoms with Crippen molar-refractivity contribution in [2.45, 2.75) is 20.5 Å². The van der Waals surface area contributed by atoms with Gasteiger partial charge in [0.15, 0.2) is 0 Å². The molecular formula is C20H20N2O3S. The summed E-state index contributed by atoms with van der Waals surface area (Å²) in [7, 11) is 0. The van der Waals surface area contributed by atoms with Gasteiger partial charge in [-0.3, -0.25) is 5.32 Å².